The first-order chi connectivity index (χ1) is 13.7. The highest BCUT2D eigenvalue weighted by molar-refractivity contribution is 7.92. The van der Waals surface area contributed by atoms with E-state index >= 15 is 0 Å². The molecule has 2 heterocycles. The van der Waals surface area contributed by atoms with Crippen molar-refractivity contribution in [2.75, 3.05) is 4.72 Å². The molecule has 4 rings (SSSR count). The van der Waals surface area contributed by atoms with E-state index < -0.39 is 10.0 Å². The van der Waals surface area contributed by atoms with Crippen LogP contribution < -0.4 is 10.5 Å². The van der Waals surface area contributed by atoms with Gasteiger partial charge in [0.25, 0.3) is 10.0 Å². The van der Waals surface area contributed by atoms with Gasteiger partial charge in [-0.1, -0.05) is 23.7 Å². The Labute approximate surface area is 172 Å². The Morgan fingerprint density at radius 2 is 1.93 bits per heavy atom. The van der Waals surface area contributed by atoms with Gasteiger partial charge in [0.2, 0.25) is 0 Å². The maximum absolute atomic E-state index is 12.7. The topological polar surface area (TPSA) is 118 Å². The van der Waals surface area contributed by atoms with Gasteiger partial charge >= 0.3 is 0 Å². The number of aliphatic imine (C=N–C) groups is 1. The number of aryl methyl sites for hydroxylation is 1. The van der Waals surface area contributed by atoms with E-state index in [2.05, 4.69) is 14.7 Å². The van der Waals surface area contributed by atoms with Crippen molar-refractivity contribution in [3.8, 4) is 17.0 Å². The third-order valence-corrected chi connectivity index (χ3v) is 6.27. The summed E-state index contributed by atoms with van der Waals surface area (Å²) in [6.07, 6.45) is 0. The highest BCUT2D eigenvalue weighted by atomic mass is 35.5. The summed E-state index contributed by atoms with van der Waals surface area (Å²) in [5.74, 6) is 0.0627. The van der Waals surface area contributed by atoms with E-state index in [0.717, 1.165) is 5.56 Å². The normalized spacial score (nSPS) is 13.1. The molecule has 0 saturated carbocycles. The fourth-order valence-corrected chi connectivity index (χ4v) is 4.57. The molecule has 0 amide bonds. The number of benzene rings is 2. The molecule has 148 valence electrons. The second kappa shape index (κ2) is 7.06. The molecule has 2 aromatic carbocycles. The minimum Gasteiger partial charge on any atom is -0.507 e. The lowest BCUT2D eigenvalue weighted by Gasteiger charge is -2.12. The second-order valence-corrected chi connectivity index (χ2v) is 8.74. The van der Waals surface area contributed by atoms with Crippen LogP contribution in [-0.2, 0) is 16.6 Å². The molecule has 0 spiro atoms. The maximum atomic E-state index is 12.7. The van der Waals surface area contributed by atoms with Gasteiger partial charge in [0.15, 0.2) is 0 Å². The molecule has 0 aliphatic carbocycles. The third-order valence-electron chi connectivity index (χ3n) is 4.54. The quantitative estimate of drug-likeness (QED) is 0.588. The Balaban J connectivity index is 1.65. The molecule has 1 aromatic heterocycles. The molecule has 0 unspecified atom stereocenters. The molecule has 0 bridgehead atoms. The zero-order valence-electron chi connectivity index (χ0n) is 15.3. The number of pyridine rings is 1. The number of hydrogen-bond acceptors (Lipinski definition) is 6. The van der Waals surface area contributed by atoms with Gasteiger partial charge in [-0.2, -0.15) is 0 Å². The Hall–Kier alpha value is -3.10. The van der Waals surface area contributed by atoms with Crippen LogP contribution in [0.2, 0.25) is 5.02 Å². The van der Waals surface area contributed by atoms with Crippen molar-refractivity contribution in [3.63, 3.8) is 0 Å². The van der Waals surface area contributed by atoms with Crippen molar-refractivity contribution < 1.29 is 13.5 Å². The molecule has 7 nitrogen and oxygen atoms in total. The van der Waals surface area contributed by atoms with Crippen LogP contribution in [0.4, 0.5) is 5.69 Å². The smallest absolute Gasteiger partial charge is 0.265 e. The van der Waals surface area contributed by atoms with Gasteiger partial charge in [0, 0.05) is 11.1 Å². The van der Waals surface area contributed by atoms with E-state index in [-0.39, 0.29) is 16.3 Å². The van der Waals surface area contributed by atoms with Crippen LogP contribution in [0.5, 0.6) is 5.75 Å². The fraction of sp³-hybridized carbons (Fsp3) is 0.100. The Morgan fingerprint density at radius 1 is 1.14 bits per heavy atom. The summed E-state index contributed by atoms with van der Waals surface area (Å²) in [7, 11) is -3.98. The number of aromatic nitrogens is 1. The maximum Gasteiger partial charge on any atom is 0.265 e. The molecule has 9 heteroatoms. The summed E-state index contributed by atoms with van der Waals surface area (Å²) < 4.78 is 27.7. The van der Waals surface area contributed by atoms with Gasteiger partial charge < -0.3 is 10.8 Å². The number of halogens is 1. The third kappa shape index (κ3) is 3.64. The number of phenols is 1. The summed E-state index contributed by atoms with van der Waals surface area (Å²) in [6.45, 7) is 2.25. The molecule has 1 aliphatic heterocycles. The molecule has 29 heavy (non-hydrogen) atoms. The van der Waals surface area contributed by atoms with Crippen LogP contribution in [0, 0.1) is 6.92 Å². The largest absolute Gasteiger partial charge is 0.507 e. The molecule has 0 radical (unpaired) electrons. The highest BCUT2D eigenvalue weighted by Crippen LogP contribution is 2.32. The molecule has 3 aromatic rings. The van der Waals surface area contributed by atoms with E-state index in [1.165, 1.54) is 18.2 Å². The van der Waals surface area contributed by atoms with Crippen LogP contribution in [0.25, 0.3) is 11.3 Å². The Bertz CT molecular complexity index is 1270. The summed E-state index contributed by atoms with van der Waals surface area (Å²) in [4.78, 5) is 8.48. The second-order valence-electron chi connectivity index (χ2n) is 6.68. The molecule has 1 aliphatic rings. The van der Waals surface area contributed by atoms with Gasteiger partial charge in [-0.25, -0.2) is 13.4 Å². The average molecular weight is 429 g/mol. The predicted molar refractivity (Wildman–Crippen MR) is 113 cm³/mol. The fourth-order valence-electron chi connectivity index (χ4n) is 3.07. The van der Waals surface area contributed by atoms with Crippen molar-refractivity contribution in [1.29, 1.82) is 0 Å². The van der Waals surface area contributed by atoms with Crippen LogP contribution in [0.1, 0.15) is 16.8 Å². The van der Waals surface area contributed by atoms with Crippen LogP contribution in [0.15, 0.2) is 58.4 Å². The minimum absolute atomic E-state index is 0.201. The molecule has 0 saturated heterocycles. The zero-order valence-corrected chi connectivity index (χ0v) is 16.9. The van der Waals surface area contributed by atoms with E-state index in [9.17, 15) is 13.5 Å². The first-order valence-corrected chi connectivity index (χ1v) is 10.5. The summed E-state index contributed by atoms with van der Waals surface area (Å²) in [5, 5.41) is 10.2. The van der Waals surface area contributed by atoms with Crippen LogP contribution >= 0.6 is 11.6 Å². The predicted octanol–water partition coefficient (Wildman–Crippen LogP) is 3.44. The lowest BCUT2D eigenvalue weighted by atomic mass is 10.1. The van der Waals surface area contributed by atoms with Gasteiger partial charge in [-0.05, 0) is 48.9 Å². The number of fused-ring (bicyclic) bond motifs is 1. The highest BCUT2D eigenvalue weighted by Gasteiger charge is 2.20. The molecule has 4 N–H and O–H groups in total. The average Bonchev–Trinajstić information content (AvgIpc) is 3.04. The number of hydrogen-bond donors (Lipinski definition) is 3. The van der Waals surface area contributed by atoms with Crippen molar-refractivity contribution in [1.82, 2.24) is 4.98 Å². The number of nitrogens with two attached hydrogens (primary N) is 1. The van der Waals surface area contributed by atoms with Gasteiger partial charge in [-0.15, -0.1) is 0 Å². The number of aromatic hydroxyl groups is 1. The Kier molecular flexibility index (Phi) is 4.68. The summed E-state index contributed by atoms with van der Waals surface area (Å²) in [5.41, 5.74) is 9.67. The first-order valence-electron chi connectivity index (χ1n) is 8.67. The number of phenolic OH excluding ortho intramolecular Hbond substituents is 1. The minimum atomic E-state index is -3.98. The molecule has 0 atom stereocenters. The number of rotatable bonds is 4. The van der Waals surface area contributed by atoms with E-state index in [0.29, 0.717) is 39.9 Å². The van der Waals surface area contributed by atoms with E-state index in [1.807, 2.05) is 12.1 Å². The molecule has 0 fully saturated rings. The first kappa shape index (κ1) is 19.2. The number of sulfonamides is 1. The van der Waals surface area contributed by atoms with E-state index in [1.54, 1.807) is 25.1 Å². The van der Waals surface area contributed by atoms with Crippen molar-refractivity contribution >= 4 is 33.1 Å². The van der Waals surface area contributed by atoms with Crippen molar-refractivity contribution in [2.24, 2.45) is 10.7 Å². The monoisotopic (exact) mass is 428 g/mol. The number of anilines is 1. The SMILES string of the molecule is Cc1ccc(O)c(S(=O)(=O)Nc2ccc(-c3ccc4c(n3)C(N)=NC4)c(Cl)c2)c1. The Morgan fingerprint density at radius 3 is 2.69 bits per heavy atom. The van der Waals surface area contributed by atoms with Gasteiger partial charge in [0.1, 0.15) is 22.2 Å². The van der Waals surface area contributed by atoms with Crippen LogP contribution in [-0.4, -0.2) is 24.3 Å². The summed E-state index contributed by atoms with van der Waals surface area (Å²) >= 11 is 6.40. The number of nitrogens with zero attached hydrogens (tertiary/aromatic N) is 2. The summed E-state index contributed by atoms with van der Waals surface area (Å²) in [6, 6.07) is 12.8. The molecular formula is C20H17ClN4O3S. The van der Waals surface area contributed by atoms with Crippen molar-refractivity contribution in [2.45, 2.75) is 18.4 Å². The zero-order chi connectivity index (χ0) is 20.8. The van der Waals surface area contributed by atoms with Gasteiger partial charge in [0.05, 0.1) is 22.9 Å². The molecular weight excluding hydrogens is 412 g/mol. The number of nitrogens with one attached hydrogen (secondary N) is 1. The van der Waals surface area contributed by atoms with Gasteiger partial charge in [-0.3, -0.25) is 9.71 Å². The van der Waals surface area contributed by atoms with Crippen LogP contribution in [0.3, 0.4) is 0 Å². The van der Waals surface area contributed by atoms with Crippen molar-refractivity contribution in [3.05, 3.63) is 70.4 Å². The lowest BCUT2D eigenvalue weighted by molar-refractivity contribution is 0.459. The van der Waals surface area contributed by atoms with E-state index in [4.69, 9.17) is 17.3 Å². The number of amidine groups is 1. The standard InChI is InChI=1S/C20H17ClN4O3S/c1-11-2-7-17(26)18(8-11)29(27,28)25-13-4-5-14(15(21)9-13)16-6-3-12-10-23-20(22)19(12)24-16/h2-9,25-26H,10H2,1H3,(H2,22,23). The lowest BCUT2D eigenvalue weighted by Crippen LogP contribution is -2.13.